The molecule has 17 heavy (non-hydrogen) atoms. The minimum atomic E-state index is -0.825. The fraction of sp³-hybridized carbons (Fsp3) is 0.417. The number of amides is 1. The van der Waals surface area contributed by atoms with E-state index in [1.54, 1.807) is 0 Å². The van der Waals surface area contributed by atoms with E-state index in [9.17, 15) is 13.6 Å². The summed E-state index contributed by atoms with van der Waals surface area (Å²) < 4.78 is 26.0. The number of hydrogen-bond donors (Lipinski definition) is 1. The van der Waals surface area contributed by atoms with Gasteiger partial charge in [-0.1, -0.05) is 0 Å². The van der Waals surface area contributed by atoms with Crippen LogP contribution >= 0.6 is 0 Å². The summed E-state index contributed by atoms with van der Waals surface area (Å²) >= 11 is 0. The molecule has 0 aliphatic carbocycles. The van der Waals surface area contributed by atoms with Crippen LogP contribution in [-0.2, 0) is 0 Å². The number of likely N-dealkylation sites (tertiary alicyclic amines) is 1. The van der Waals surface area contributed by atoms with Crippen molar-refractivity contribution in [2.24, 2.45) is 0 Å². The molecule has 2 rings (SSSR count). The number of nitrogens with zero attached hydrogens (tertiary/aromatic N) is 1. The third-order valence-electron chi connectivity index (χ3n) is 2.90. The first-order valence-corrected chi connectivity index (χ1v) is 5.50. The van der Waals surface area contributed by atoms with Gasteiger partial charge in [-0.05, 0) is 32.1 Å². The standard InChI is InChI=1S/C12H14F2N2O/c1-16-5-4-9(7-16)15-12(17)10-3-2-8(13)6-11(10)14/h2-3,6,9H,4-5,7H2,1H3,(H,15,17). The molecule has 1 aromatic carbocycles. The molecular formula is C12H14F2N2O. The van der Waals surface area contributed by atoms with Crippen LogP contribution in [0.1, 0.15) is 16.8 Å². The normalized spacial score (nSPS) is 20.5. The minimum absolute atomic E-state index is 0.0388. The topological polar surface area (TPSA) is 32.3 Å². The maximum absolute atomic E-state index is 13.3. The highest BCUT2D eigenvalue weighted by Gasteiger charge is 2.22. The lowest BCUT2D eigenvalue weighted by molar-refractivity contribution is 0.0934. The number of rotatable bonds is 2. The van der Waals surface area contributed by atoms with Crippen LogP contribution in [0.2, 0.25) is 0 Å². The highest BCUT2D eigenvalue weighted by molar-refractivity contribution is 5.94. The molecule has 1 fully saturated rings. The van der Waals surface area contributed by atoms with Gasteiger partial charge in [0.1, 0.15) is 11.6 Å². The Morgan fingerprint density at radius 2 is 2.24 bits per heavy atom. The molecule has 5 heteroatoms. The average molecular weight is 240 g/mol. The van der Waals surface area contributed by atoms with E-state index in [1.165, 1.54) is 6.07 Å². The third kappa shape index (κ3) is 2.79. The second-order valence-electron chi connectivity index (χ2n) is 4.35. The van der Waals surface area contributed by atoms with E-state index >= 15 is 0 Å². The van der Waals surface area contributed by atoms with E-state index in [2.05, 4.69) is 10.2 Å². The lowest BCUT2D eigenvalue weighted by atomic mass is 10.1. The third-order valence-corrected chi connectivity index (χ3v) is 2.90. The molecular weight excluding hydrogens is 226 g/mol. The smallest absolute Gasteiger partial charge is 0.254 e. The lowest BCUT2D eigenvalue weighted by Gasteiger charge is -2.13. The summed E-state index contributed by atoms with van der Waals surface area (Å²) in [6.07, 6.45) is 0.852. The van der Waals surface area contributed by atoms with Crippen molar-refractivity contribution in [2.75, 3.05) is 20.1 Å². The van der Waals surface area contributed by atoms with Gasteiger partial charge in [-0.3, -0.25) is 4.79 Å². The van der Waals surface area contributed by atoms with Crippen LogP contribution in [0.15, 0.2) is 18.2 Å². The Bertz CT molecular complexity index is 437. The first-order chi connectivity index (χ1) is 8.06. The largest absolute Gasteiger partial charge is 0.348 e. The predicted molar refractivity (Wildman–Crippen MR) is 59.7 cm³/mol. The van der Waals surface area contributed by atoms with E-state index in [4.69, 9.17) is 0 Å². The van der Waals surface area contributed by atoms with Gasteiger partial charge >= 0.3 is 0 Å². The van der Waals surface area contributed by atoms with Gasteiger partial charge in [0.2, 0.25) is 0 Å². The Labute approximate surface area is 98.4 Å². The molecule has 3 nitrogen and oxygen atoms in total. The summed E-state index contributed by atoms with van der Waals surface area (Å²) in [6.45, 7) is 1.67. The summed E-state index contributed by atoms with van der Waals surface area (Å²) in [5.41, 5.74) is -0.110. The molecule has 92 valence electrons. The number of likely N-dealkylation sites (N-methyl/N-ethyl adjacent to an activating group) is 1. The molecule has 1 N–H and O–H groups in total. The molecule has 0 saturated carbocycles. The maximum atomic E-state index is 13.3. The highest BCUT2D eigenvalue weighted by Crippen LogP contribution is 2.11. The van der Waals surface area contributed by atoms with Gasteiger partial charge in [-0.15, -0.1) is 0 Å². The van der Waals surface area contributed by atoms with Crippen molar-refractivity contribution in [3.8, 4) is 0 Å². The zero-order valence-corrected chi connectivity index (χ0v) is 9.54. The van der Waals surface area contributed by atoms with Gasteiger partial charge in [0.05, 0.1) is 5.56 Å². The molecule has 0 aromatic heterocycles. The number of carbonyl (C=O) groups excluding carboxylic acids is 1. The molecule has 1 aliphatic heterocycles. The predicted octanol–water partition coefficient (Wildman–Crippen LogP) is 1.40. The van der Waals surface area contributed by atoms with Crippen LogP contribution in [0, 0.1) is 11.6 Å². The van der Waals surface area contributed by atoms with E-state index in [-0.39, 0.29) is 11.6 Å². The SMILES string of the molecule is CN1CCC(NC(=O)c2ccc(F)cc2F)C1. The monoisotopic (exact) mass is 240 g/mol. The Morgan fingerprint density at radius 1 is 1.47 bits per heavy atom. The fourth-order valence-electron chi connectivity index (χ4n) is 1.99. The van der Waals surface area contributed by atoms with Crippen LogP contribution in [0.25, 0.3) is 0 Å². The summed E-state index contributed by atoms with van der Waals surface area (Å²) in [4.78, 5) is 13.8. The Balaban J connectivity index is 2.04. The number of nitrogens with one attached hydrogen (secondary N) is 1. The van der Waals surface area contributed by atoms with Gasteiger partial charge in [0, 0.05) is 18.7 Å². The summed E-state index contributed by atoms with van der Waals surface area (Å²) in [6, 6.07) is 3.00. The summed E-state index contributed by atoms with van der Waals surface area (Å²) in [5, 5.41) is 2.74. The molecule has 0 radical (unpaired) electrons. The molecule has 1 unspecified atom stereocenters. The van der Waals surface area contributed by atoms with Gasteiger partial charge in [-0.2, -0.15) is 0 Å². The molecule has 0 bridgehead atoms. The van der Waals surface area contributed by atoms with Crippen molar-refractivity contribution in [1.82, 2.24) is 10.2 Å². The second kappa shape index (κ2) is 4.79. The van der Waals surface area contributed by atoms with Crippen LogP contribution in [0.3, 0.4) is 0 Å². The Hall–Kier alpha value is -1.49. The van der Waals surface area contributed by atoms with Gasteiger partial charge < -0.3 is 10.2 Å². The Kier molecular flexibility index (Phi) is 3.38. The molecule has 1 atom stereocenters. The zero-order chi connectivity index (χ0) is 12.4. The second-order valence-corrected chi connectivity index (χ2v) is 4.35. The quantitative estimate of drug-likeness (QED) is 0.847. The van der Waals surface area contributed by atoms with E-state index < -0.39 is 17.5 Å². The van der Waals surface area contributed by atoms with Crippen LogP contribution in [-0.4, -0.2) is 37.0 Å². The minimum Gasteiger partial charge on any atom is -0.348 e. The van der Waals surface area contributed by atoms with Crippen molar-refractivity contribution < 1.29 is 13.6 Å². The number of benzene rings is 1. The van der Waals surface area contributed by atoms with Gasteiger partial charge in [-0.25, -0.2) is 8.78 Å². The zero-order valence-electron chi connectivity index (χ0n) is 9.54. The van der Waals surface area contributed by atoms with Gasteiger partial charge in [0.15, 0.2) is 0 Å². The van der Waals surface area contributed by atoms with E-state index in [1.807, 2.05) is 7.05 Å². The number of carbonyl (C=O) groups is 1. The fourth-order valence-corrected chi connectivity index (χ4v) is 1.99. The number of halogens is 2. The lowest BCUT2D eigenvalue weighted by Crippen LogP contribution is -2.36. The molecule has 0 spiro atoms. The van der Waals surface area contributed by atoms with Crippen molar-refractivity contribution in [2.45, 2.75) is 12.5 Å². The first-order valence-electron chi connectivity index (χ1n) is 5.50. The Morgan fingerprint density at radius 3 is 2.82 bits per heavy atom. The van der Waals surface area contributed by atoms with E-state index in [0.717, 1.165) is 31.6 Å². The van der Waals surface area contributed by atoms with Crippen molar-refractivity contribution in [1.29, 1.82) is 0 Å². The van der Waals surface area contributed by atoms with Crippen molar-refractivity contribution in [3.63, 3.8) is 0 Å². The maximum Gasteiger partial charge on any atom is 0.254 e. The molecule has 1 heterocycles. The molecule has 1 saturated heterocycles. The van der Waals surface area contributed by atoms with Crippen LogP contribution in [0.5, 0.6) is 0 Å². The molecule has 1 aromatic rings. The molecule has 1 amide bonds. The molecule has 1 aliphatic rings. The van der Waals surface area contributed by atoms with Crippen molar-refractivity contribution in [3.05, 3.63) is 35.4 Å². The van der Waals surface area contributed by atoms with Crippen LogP contribution < -0.4 is 5.32 Å². The van der Waals surface area contributed by atoms with Gasteiger partial charge in [0.25, 0.3) is 5.91 Å². The highest BCUT2D eigenvalue weighted by atomic mass is 19.1. The average Bonchev–Trinajstić information content (AvgIpc) is 2.63. The van der Waals surface area contributed by atoms with Crippen molar-refractivity contribution >= 4 is 5.91 Å². The first kappa shape index (κ1) is 12.0. The van der Waals surface area contributed by atoms with E-state index in [0.29, 0.717) is 0 Å². The summed E-state index contributed by atoms with van der Waals surface area (Å²) in [7, 11) is 1.96. The summed E-state index contributed by atoms with van der Waals surface area (Å²) in [5.74, 6) is -1.99. The van der Waals surface area contributed by atoms with Crippen LogP contribution in [0.4, 0.5) is 8.78 Å². The number of hydrogen-bond acceptors (Lipinski definition) is 2.